The molecule has 1 aliphatic heterocycles. The molecule has 0 radical (unpaired) electrons. The monoisotopic (exact) mass is 480 g/mol. The maximum absolute atomic E-state index is 14.9. The molecule has 0 spiro atoms. The molecule has 174 valence electrons. The van der Waals surface area contributed by atoms with E-state index in [2.05, 4.69) is 17.1 Å². The highest BCUT2D eigenvalue weighted by Crippen LogP contribution is 2.29. The van der Waals surface area contributed by atoms with Crippen LogP contribution in [0.25, 0.3) is 0 Å². The first-order valence-electron chi connectivity index (χ1n) is 9.19. The third-order valence-electron chi connectivity index (χ3n) is 3.90. The number of nitrogens with zero attached hydrogens (tertiary/aromatic N) is 2. The van der Waals surface area contributed by atoms with E-state index in [1.54, 1.807) is 20.8 Å². The number of carbonyl (C=O) groups excluding carboxylic acids is 2. The lowest BCUT2D eigenvalue weighted by Gasteiger charge is -2.27. The second-order valence-electron chi connectivity index (χ2n) is 7.71. The molecule has 1 saturated heterocycles. The van der Waals surface area contributed by atoms with Crippen molar-refractivity contribution in [1.29, 1.82) is 0 Å². The van der Waals surface area contributed by atoms with Gasteiger partial charge in [-0.1, -0.05) is 0 Å². The lowest BCUT2D eigenvalue weighted by atomic mass is 10.2. The zero-order chi connectivity index (χ0) is 23.4. The number of ether oxygens (including phenoxy) is 2. The van der Waals surface area contributed by atoms with E-state index >= 15 is 0 Å². The fourth-order valence-corrected chi connectivity index (χ4v) is 3.14. The lowest BCUT2D eigenvalue weighted by Crippen LogP contribution is -2.39. The first-order valence-corrected chi connectivity index (χ1v) is 11.4. The molecule has 2 rings (SSSR count). The Kier molecular flexibility index (Phi) is 8.14. The van der Waals surface area contributed by atoms with Gasteiger partial charge in [-0.15, -0.1) is 0 Å². The fraction of sp³-hybridized carbons (Fsp3) is 0.556. The van der Waals surface area contributed by atoms with Gasteiger partial charge in [0.1, 0.15) is 24.1 Å². The van der Waals surface area contributed by atoms with Crippen LogP contribution >= 0.6 is 12.9 Å². The average molecular weight is 481 g/mol. The largest absolute Gasteiger partial charge is 0.443 e. The minimum atomic E-state index is -3.70. The smallest absolute Gasteiger partial charge is 0.414 e. The van der Waals surface area contributed by atoms with Gasteiger partial charge in [-0.05, 0) is 51.9 Å². The van der Waals surface area contributed by atoms with Crippen LogP contribution in [0.5, 0.6) is 0 Å². The Morgan fingerprint density at radius 3 is 2.61 bits per heavy atom. The Hall–Kier alpha value is -2.09. The summed E-state index contributed by atoms with van der Waals surface area (Å²) in [6, 6.07) is 3.81. The van der Waals surface area contributed by atoms with E-state index in [9.17, 15) is 22.4 Å². The van der Waals surface area contributed by atoms with Crippen molar-refractivity contribution in [3.05, 3.63) is 24.0 Å². The first-order chi connectivity index (χ1) is 14.3. The van der Waals surface area contributed by atoms with Gasteiger partial charge in [0.25, 0.3) is 10.1 Å². The number of rotatable bonds is 8. The molecule has 1 aromatic rings. The molecule has 10 nitrogen and oxygen atoms in total. The molecule has 1 fully saturated rings. The van der Waals surface area contributed by atoms with Crippen molar-refractivity contribution in [3.63, 3.8) is 0 Å². The van der Waals surface area contributed by atoms with Gasteiger partial charge in [-0.3, -0.25) is 14.0 Å². The Labute approximate surface area is 185 Å². The molecule has 0 aliphatic carbocycles. The summed E-state index contributed by atoms with van der Waals surface area (Å²) in [5.41, 5.74) is -0.703. The van der Waals surface area contributed by atoms with Crippen LogP contribution in [0.15, 0.2) is 18.2 Å². The van der Waals surface area contributed by atoms with E-state index in [-0.39, 0.29) is 37.7 Å². The van der Waals surface area contributed by atoms with Crippen LogP contribution in [0, 0.1) is 5.82 Å². The molecule has 0 unspecified atom stereocenters. The third kappa shape index (κ3) is 7.52. The van der Waals surface area contributed by atoms with E-state index in [0.29, 0.717) is 0 Å². The summed E-state index contributed by atoms with van der Waals surface area (Å²) in [6.45, 7) is 4.66. The molecule has 2 amide bonds. The number of amides is 2. The second kappa shape index (κ2) is 10.0. The van der Waals surface area contributed by atoms with E-state index < -0.39 is 39.8 Å². The number of carbonyl (C=O) groups is 2. The maximum Gasteiger partial charge on any atom is 0.414 e. The van der Waals surface area contributed by atoms with Gasteiger partial charge in [-0.25, -0.2) is 14.0 Å². The summed E-state index contributed by atoms with van der Waals surface area (Å²) in [7, 11) is -3.70. The molecule has 1 heterocycles. The van der Waals surface area contributed by atoms with Gasteiger partial charge in [0, 0.05) is 0 Å². The summed E-state index contributed by atoms with van der Waals surface area (Å²) in [5.74, 6) is -0.786. The highest BCUT2D eigenvalue weighted by Gasteiger charge is 2.34. The molecule has 1 aliphatic rings. The maximum atomic E-state index is 14.9. The van der Waals surface area contributed by atoms with Gasteiger partial charge >= 0.3 is 12.2 Å². The molecule has 0 saturated carbocycles. The highest BCUT2D eigenvalue weighted by atomic mass is 32.2. The Balaban J connectivity index is 2.20. The summed E-state index contributed by atoms with van der Waals surface area (Å²) in [6.07, 6.45) is -1.51. The van der Waals surface area contributed by atoms with Crippen LogP contribution < -0.4 is 9.80 Å². The van der Waals surface area contributed by atoms with E-state index in [0.717, 1.165) is 22.1 Å². The van der Waals surface area contributed by atoms with Crippen LogP contribution in [0.1, 0.15) is 20.8 Å². The van der Waals surface area contributed by atoms with E-state index in [1.807, 2.05) is 0 Å². The minimum Gasteiger partial charge on any atom is -0.443 e. The molecule has 1 atom stereocenters. The topological polar surface area (TPSA) is 112 Å². The molecule has 31 heavy (non-hydrogen) atoms. The summed E-state index contributed by atoms with van der Waals surface area (Å²) in [4.78, 5) is 26.8. The van der Waals surface area contributed by atoms with E-state index in [1.165, 1.54) is 12.1 Å². The second-order valence-corrected chi connectivity index (χ2v) is 9.61. The molecule has 0 aromatic heterocycles. The zero-order valence-electron chi connectivity index (χ0n) is 17.5. The third-order valence-corrected chi connectivity index (χ3v) is 4.64. The van der Waals surface area contributed by atoms with Crippen molar-refractivity contribution in [3.8, 4) is 0 Å². The molecule has 1 aromatic carbocycles. The Morgan fingerprint density at radius 1 is 1.39 bits per heavy atom. The van der Waals surface area contributed by atoms with Crippen molar-refractivity contribution in [2.24, 2.45) is 0 Å². The number of benzene rings is 1. The minimum absolute atomic E-state index is 0.0179. The Morgan fingerprint density at radius 2 is 2.06 bits per heavy atom. The normalized spacial score (nSPS) is 16.9. The number of cyclic esters (lactones) is 1. The standard InChI is InChI=1S/C18H25FN2O8S2/c1-18(2,3)29-17(23)20(7-8-26-30)15-6-5-12(9-14(15)19)21-10-13(28-16(21)22)11-27-31(4,24)25/h5-6,9,13,30H,7-8,10-11H2,1-4H3/t13-/m1/s1. The van der Waals surface area contributed by atoms with Gasteiger partial charge in [0.15, 0.2) is 0 Å². The van der Waals surface area contributed by atoms with Gasteiger partial charge in [0.2, 0.25) is 0 Å². The summed E-state index contributed by atoms with van der Waals surface area (Å²) >= 11 is 3.64. The van der Waals surface area contributed by atoms with Crippen molar-refractivity contribution < 1.29 is 40.2 Å². The number of anilines is 2. The van der Waals surface area contributed by atoms with Crippen LogP contribution in [0.3, 0.4) is 0 Å². The number of hydrogen-bond acceptors (Lipinski definition) is 9. The van der Waals surface area contributed by atoms with Gasteiger partial charge < -0.3 is 13.7 Å². The Bertz CT molecular complexity index is 920. The quantitative estimate of drug-likeness (QED) is 0.343. The van der Waals surface area contributed by atoms with Crippen LogP contribution in [0.4, 0.5) is 25.4 Å². The van der Waals surface area contributed by atoms with E-state index in [4.69, 9.17) is 13.7 Å². The molecular weight excluding hydrogens is 455 g/mol. The predicted molar refractivity (Wildman–Crippen MR) is 113 cm³/mol. The molecule has 0 bridgehead atoms. The zero-order valence-corrected chi connectivity index (χ0v) is 19.2. The van der Waals surface area contributed by atoms with Crippen LogP contribution in [0.2, 0.25) is 0 Å². The number of thiol groups is 1. The van der Waals surface area contributed by atoms with Gasteiger partial charge in [-0.2, -0.15) is 8.42 Å². The van der Waals surface area contributed by atoms with Crippen LogP contribution in [-0.4, -0.2) is 64.9 Å². The van der Waals surface area contributed by atoms with Gasteiger partial charge in [0.05, 0.1) is 37.3 Å². The highest BCUT2D eigenvalue weighted by molar-refractivity contribution is 7.85. The predicted octanol–water partition coefficient (Wildman–Crippen LogP) is 2.73. The van der Waals surface area contributed by atoms with Crippen molar-refractivity contribution in [1.82, 2.24) is 0 Å². The average Bonchev–Trinajstić information content (AvgIpc) is 3.00. The SMILES string of the molecule is CC(C)(C)OC(=O)N(CCOS)c1ccc(N2C[C@H](COS(C)(=O)=O)OC2=O)cc1F. The molecule has 13 heteroatoms. The summed E-state index contributed by atoms with van der Waals surface area (Å²) < 4.78 is 56.8. The van der Waals surface area contributed by atoms with Crippen molar-refractivity contribution >= 4 is 46.6 Å². The van der Waals surface area contributed by atoms with Crippen LogP contribution in [-0.2, 0) is 28.0 Å². The fourth-order valence-electron chi connectivity index (χ4n) is 2.66. The first kappa shape index (κ1) is 25.2. The number of hydrogen-bond donors (Lipinski definition) is 1. The number of halogens is 1. The van der Waals surface area contributed by atoms with Crippen molar-refractivity contribution in [2.75, 3.05) is 42.4 Å². The summed E-state index contributed by atoms with van der Waals surface area (Å²) in [5, 5.41) is 0. The molecular formula is C18H25FN2O8S2. The van der Waals surface area contributed by atoms with Crippen molar-refractivity contribution in [2.45, 2.75) is 32.5 Å². The lowest BCUT2D eigenvalue weighted by molar-refractivity contribution is 0.0575. The molecule has 0 N–H and O–H groups in total.